The van der Waals surface area contributed by atoms with Crippen molar-refractivity contribution in [2.24, 2.45) is 0 Å². The predicted octanol–water partition coefficient (Wildman–Crippen LogP) is 5.41. The van der Waals surface area contributed by atoms with E-state index in [2.05, 4.69) is 35.3 Å². The van der Waals surface area contributed by atoms with Gasteiger partial charge in [-0.3, -0.25) is 0 Å². The average Bonchev–Trinajstić information content (AvgIpc) is 3.00. The molecular formula is C24H18N2O2. The minimum absolute atomic E-state index is 0.320. The van der Waals surface area contributed by atoms with Crippen LogP contribution in [0.4, 0.5) is 0 Å². The SMILES string of the molecule is COc1ccc(-c2cc(-c3ccc4cccccc3-4)nc(OC)c2C#N)cc1. The van der Waals surface area contributed by atoms with Gasteiger partial charge < -0.3 is 9.47 Å². The lowest BCUT2D eigenvalue weighted by atomic mass is 9.98. The van der Waals surface area contributed by atoms with Gasteiger partial charge >= 0.3 is 0 Å². The van der Waals surface area contributed by atoms with Gasteiger partial charge in [-0.2, -0.15) is 5.26 Å². The molecule has 0 radical (unpaired) electrons. The Hall–Kier alpha value is -3.84. The summed E-state index contributed by atoms with van der Waals surface area (Å²) < 4.78 is 10.7. The summed E-state index contributed by atoms with van der Waals surface area (Å²) in [6.07, 6.45) is 0. The highest BCUT2D eigenvalue weighted by atomic mass is 16.5. The third kappa shape index (κ3) is 3.04. The van der Waals surface area contributed by atoms with Crippen LogP contribution in [0.3, 0.4) is 0 Å². The Morgan fingerprint density at radius 2 is 1.46 bits per heavy atom. The molecule has 136 valence electrons. The third-order valence-corrected chi connectivity index (χ3v) is 4.76. The van der Waals surface area contributed by atoms with Crippen LogP contribution in [0.5, 0.6) is 11.6 Å². The summed E-state index contributed by atoms with van der Waals surface area (Å²) >= 11 is 0. The van der Waals surface area contributed by atoms with Crippen LogP contribution in [0.25, 0.3) is 33.5 Å². The normalized spacial score (nSPS) is 10.5. The summed E-state index contributed by atoms with van der Waals surface area (Å²) in [5.74, 6) is 1.08. The monoisotopic (exact) mass is 366 g/mol. The molecule has 0 fully saturated rings. The first-order chi connectivity index (χ1) is 13.7. The van der Waals surface area contributed by atoms with E-state index in [1.54, 1.807) is 7.11 Å². The van der Waals surface area contributed by atoms with Crippen LogP contribution in [0.2, 0.25) is 0 Å². The quantitative estimate of drug-likeness (QED) is 0.485. The topological polar surface area (TPSA) is 55.1 Å². The fraction of sp³-hybridized carbons (Fsp3) is 0.0833. The van der Waals surface area contributed by atoms with Crippen LogP contribution in [0.15, 0.2) is 72.8 Å². The molecule has 0 spiro atoms. The zero-order valence-electron chi connectivity index (χ0n) is 15.6. The maximum Gasteiger partial charge on any atom is 0.232 e. The van der Waals surface area contributed by atoms with Crippen molar-refractivity contribution >= 4 is 0 Å². The molecule has 2 aliphatic rings. The zero-order valence-corrected chi connectivity index (χ0v) is 15.6. The number of hydrogen-bond acceptors (Lipinski definition) is 4. The van der Waals surface area contributed by atoms with E-state index in [1.807, 2.05) is 48.5 Å². The largest absolute Gasteiger partial charge is 0.497 e. The van der Waals surface area contributed by atoms with Gasteiger partial charge in [-0.25, -0.2) is 4.98 Å². The molecule has 0 aliphatic heterocycles. The van der Waals surface area contributed by atoms with Gasteiger partial charge in [-0.05, 0) is 34.9 Å². The average molecular weight is 366 g/mol. The fourth-order valence-corrected chi connectivity index (χ4v) is 3.35. The second kappa shape index (κ2) is 7.42. The van der Waals surface area contributed by atoms with Gasteiger partial charge in [0, 0.05) is 11.1 Å². The molecule has 0 saturated carbocycles. The van der Waals surface area contributed by atoms with Crippen molar-refractivity contribution in [3.05, 3.63) is 78.4 Å². The summed E-state index contributed by atoms with van der Waals surface area (Å²) in [5.41, 5.74) is 6.10. The predicted molar refractivity (Wildman–Crippen MR) is 110 cm³/mol. The molecule has 0 amide bonds. The van der Waals surface area contributed by atoms with Crippen LogP contribution in [-0.4, -0.2) is 19.2 Å². The molecule has 0 saturated heterocycles. The minimum atomic E-state index is 0.320. The van der Waals surface area contributed by atoms with Gasteiger partial charge in [0.25, 0.3) is 0 Å². The Morgan fingerprint density at radius 1 is 0.750 bits per heavy atom. The number of nitriles is 1. The number of nitrogens with zero attached hydrogens (tertiary/aromatic N) is 2. The molecule has 4 rings (SSSR count). The first kappa shape index (κ1) is 17.6. The van der Waals surface area contributed by atoms with Crippen molar-refractivity contribution in [3.63, 3.8) is 0 Å². The van der Waals surface area contributed by atoms with Crippen LogP contribution in [0.1, 0.15) is 5.56 Å². The molecule has 0 bridgehead atoms. The number of benzene rings is 1. The molecule has 0 N–H and O–H groups in total. The molecule has 1 aromatic heterocycles. The Bertz CT molecular complexity index is 1140. The summed E-state index contributed by atoms with van der Waals surface area (Å²) in [4.78, 5) is 4.63. The van der Waals surface area contributed by atoms with E-state index in [9.17, 15) is 5.26 Å². The van der Waals surface area contributed by atoms with E-state index in [0.717, 1.165) is 39.3 Å². The van der Waals surface area contributed by atoms with E-state index in [-0.39, 0.29) is 0 Å². The highest BCUT2D eigenvalue weighted by Gasteiger charge is 2.18. The lowest BCUT2D eigenvalue weighted by Crippen LogP contribution is -1.98. The fourth-order valence-electron chi connectivity index (χ4n) is 3.35. The van der Waals surface area contributed by atoms with E-state index in [0.29, 0.717) is 11.4 Å². The van der Waals surface area contributed by atoms with Crippen molar-refractivity contribution in [1.29, 1.82) is 5.26 Å². The van der Waals surface area contributed by atoms with Crippen molar-refractivity contribution in [2.75, 3.05) is 14.2 Å². The molecule has 2 aromatic rings. The lowest BCUT2D eigenvalue weighted by molar-refractivity contribution is 0.397. The van der Waals surface area contributed by atoms with Gasteiger partial charge in [0.2, 0.25) is 5.88 Å². The number of rotatable bonds is 4. The van der Waals surface area contributed by atoms with Crippen molar-refractivity contribution in [3.8, 4) is 51.2 Å². The van der Waals surface area contributed by atoms with Gasteiger partial charge in [0.1, 0.15) is 17.4 Å². The molecule has 2 aliphatic carbocycles. The zero-order chi connectivity index (χ0) is 19.5. The summed E-state index contributed by atoms with van der Waals surface area (Å²) in [6.45, 7) is 0. The van der Waals surface area contributed by atoms with Crippen LogP contribution >= 0.6 is 0 Å². The molecule has 28 heavy (non-hydrogen) atoms. The minimum Gasteiger partial charge on any atom is -0.497 e. The molecule has 4 heteroatoms. The Kier molecular flexibility index (Phi) is 4.65. The second-order valence-electron chi connectivity index (χ2n) is 6.31. The molecule has 0 atom stereocenters. The summed E-state index contributed by atoms with van der Waals surface area (Å²) in [6, 6.07) is 26.1. The summed E-state index contributed by atoms with van der Waals surface area (Å²) in [5, 5.41) is 9.72. The number of pyridine rings is 1. The molecule has 0 unspecified atom stereocenters. The lowest BCUT2D eigenvalue weighted by Gasteiger charge is -2.12. The van der Waals surface area contributed by atoms with Crippen molar-refractivity contribution in [1.82, 2.24) is 4.98 Å². The maximum absolute atomic E-state index is 9.72. The van der Waals surface area contributed by atoms with Crippen LogP contribution in [-0.2, 0) is 0 Å². The van der Waals surface area contributed by atoms with Crippen molar-refractivity contribution < 1.29 is 9.47 Å². The molecule has 1 heterocycles. The summed E-state index contributed by atoms with van der Waals surface area (Å²) in [7, 11) is 3.16. The maximum atomic E-state index is 9.72. The first-order valence-electron chi connectivity index (χ1n) is 8.87. The highest BCUT2D eigenvalue weighted by molar-refractivity contribution is 5.87. The van der Waals surface area contributed by atoms with E-state index in [4.69, 9.17) is 9.47 Å². The molecule has 4 nitrogen and oxygen atoms in total. The van der Waals surface area contributed by atoms with E-state index in [1.165, 1.54) is 7.11 Å². The Morgan fingerprint density at radius 3 is 2.18 bits per heavy atom. The van der Waals surface area contributed by atoms with Crippen molar-refractivity contribution in [2.45, 2.75) is 0 Å². The number of methoxy groups -OCH3 is 2. The van der Waals surface area contributed by atoms with Gasteiger partial charge in [0.15, 0.2) is 0 Å². The van der Waals surface area contributed by atoms with Crippen LogP contribution < -0.4 is 9.47 Å². The Balaban J connectivity index is 1.93. The number of fused-ring (bicyclic) bond motifs is 1. The van der Waals surface area contributed by atoms with E-state index < -0.39 is 0 Å². The second-order valence-corrected chi connectivity index (χ2v) is 6.31. The molecule has 1 aromatic carbocycles. The number of hydrogen-bond donors (Lipinski definition) is 0. The number of ether oxygens (including phenoxy) is 2. The van der Waals surface area contributed by atoms with Gasteiger partial charge in [-0.15, -0.1) is 0 Å². The van der Waals surface area contributed by atoms with Gasteiger partial charge in [0.05, 0.1) is 19.9 Å². The standard InChI is InChI=1S/C24H18N2O2/c1-27-18-11-8-17(9-12-18)21-14-23(26-24(28-2)22(21)15-25)20-13-10-16-6-4-3-5-7-19(16)20/h3-14H,1-2H3. The first-order valence-corrected chi connectivity index (χ1v) is 8.87. The number of aromatic nitrogens is 1. The third-order valence-electron chi connectivity index (χ3n) is 4.76. The van der Waals surface area contributed by atoms with Crippen LogP contribution in [0, 0.1) is 11.3 Å². The molecular weight excluding hydrogens is 348 g/mol. The smallest absolute Gasteiger partial charge is 0.232 e. The highest BCUT2D eigenvalue weighted by Crippen LogP contribution is 2.38. The van der Waals surface area contributed by atoms with E-state index >= 15 is 0 Å². The van der Waals surface area contributed by atoms with Gasteiger partial charge in [-0.1, -0.05) is 54.6 Å². The Labute approximate surface area is 164 Å².